The Morgan fingerprint density at radius 3 is 2.90 bits per heavy atom. The molecule has 2 rings (SSSR count). The number of amides is 1. The highest BCUT2D eigenvalue weighted by Gasteiger charge is 2.33. The first kappa shape index (κ1) is 15.2. The monoisotopic (exact) mass is 313 g/mol. The average molecular weight is 314 g/mol. The molecular formula is C12H12ClN3O5. The van der Waals surface area contributed by atoms with Crippen LogP contribution in [0.3, 0.4) is 0 Å². The van der Waals surface area contributed by atoms with Crippen LogP contribution in [0.25, 0.3) is 0 Å². The molecule has 0 aromatic heterocycles. The molecule has 21 heavy (non-hydrogen) atoms. The van der Waals surface area contributed by atoms with Crippen LogP contribution in [0.15, 0.2) is 18.2 Å². The summed E-state index contributed by atoms with van der Waals surface area (Å²) in [7, 11) is 0. The molecule has 1 aromatic rings. The lowest BCUT2D eigenvalue weighted by Crippen LogP contribution is -2.56. The molecule has 8 nitrogen and oxygen atoms in total. The smallest absolute Gasteiger partial charge is 0.322 e. The Kier molecular flexibility index (Phi) is 4.39. The van der Waals surface area contributed by atoms with Gasteiger partial charge in [-0.2, -0.15) is 0 Å². The van der Waals surface area contributed by atoms with Crippen molar-refractivity contribution in [3.05, 3.63) is 38.9 Å². The van der Waals surface area contributed by atoms with Gasteiger partial charge in [0.1, 0.15) is 6.04 Å². The maximum Gasteiger partial charge on any atom is 0.322 e. The summed E-state index contributed by atoms with van der Waals surface area (Å²) in [6, 6.07) is 3.13. The molecule has 9 heteroatoms. The maximum atomic E-state index is 11.4. The van der Waals surface area contributed by atoms with Gasteiger partial charge >= 0.3 is 5.97 Å². The molecule has 1 atom stereocenters. The van der Waals surface area contributed by atoms with Crippen LogP contribution in [0.4, 0.5) is 5.69 Å². The van der Waals surface area contributed by atoms with Crippen molar-refractivity contribution in [3.63, 3.8) is 0 Å². The summed E-state index contributed by atoms with van der Waals surface area (Å²) in [6.45, 7) is -0.218. The van der Waals surface area contributed by atoms with E-state index in [0.29, 0.717) is 5.02 Å². The molecule has 0 spiro atoms. The molecule has 1 heterocycles. The number of nitro groups is 1. The molecule has 1 unspecified atom stereocenters. The molecule has 0 radical (unpaired) electrons. The van der Waals surface area contributed by atoms with Crippen LogP contribution >= 0.6 is 11.6 Å². The van der Waals surface area contributed by atoms with Crippen molar-refractivity contribution >= 4 is 29.2 Å². The molecule has 1 saturated heterocycles. The van der Waals surface area contributed by atoms with Gasteiger partial charge in [-0.25, -0.2) is 0 Å². The van der Waals surface area contributed by atoms with E-state index >= 15 is 0 Å². The number of halogens is 1. The van der Waals surface area contributed by atoms with Crippen LogP contribution in [0.2, 0.25) is 5.02 Å². The zero-order valence-corrected chi connectivity index (χ0v) is 11.5. The molecular weight excluding hydrogens is 302 g/mol. The van der Waals surface area contributed by atoms with Gasteiger partial charge in [0.25, 0.3) is 5.69 Å². The second-order valence-corrected chi connectivity index (χ2v) is 5.03. The van der Waals surface area contributed by atoms with Gasteiger partial charge in [-0.3, -0.25) is 24.6 Å². The number of carboxylic acids is 1. The van der Waals surface area contributed by atoms with Crippen molar-refractivity contribution in [1.82, 2.24) is 10.2 Å². The first-order valence-electron chi connectivity index (χ1n) is 6.05. The summed E-state index contributed by atoms with van der Waals surface area (Å²) in [4.78, 5) is 34.4. The van der Waals surface area contributed by atoms with Crippen molar-refractivity contribution in [2.24, 2.45) is 0 Å². The van der Waals surface area contributed by atoms with Crippen LogP contribution in [0.1, 0.15) is 5.56 Å². The lowest BCUT2D eigenvalue weighted by Gasteiger charge is -2.32. The number of rotatable bonds is 4. The van der Waals surface area contributed by atoms with Crippen molar-refractivity contribution in [2.45, 2.75) is 12.6 Å². The number of hydrogen-bond acceptors (Lipinski definition) is 5. The number of nitrogens with zero attached hydrogens (tertiary/aromatic N) is 2. The number of nitrogens with one attached hydrogen (secondary N) is 1. The van der Waals surface area contributed by atoms with Crippen molar-refractivity contribution < 1.29 is 19.6 Å². The Balaban J connectivity index is 2.30. The number of carbonyl (C=O) groups excluding carboxylic acids is 1. The van der Waals surface area contributed by atoms with Crippen molar-refractivity contribution in [2.75, 3.05) is 13.1 Å². The third-order valence-corrected chi connectivity index (χ3v) is 3.41. The predicted octanol–water partition coefficient (Wildman–Crippen LogP) is 0.633. The minimum Gasteiger partial charge on any atom is -0.480 e. The highest BCUT2D eigenvalue weighted by Crippen LogP contribution is 2.25. The summed E-state index contributed by atoms with van der Waals surface area (Å²) in [5, 5.41) is 22.9. The van der Waals surface area contributed by atoms with Crippen LogP contribution in [0, 0.1) is 10.1 Å². The number of carboxylic acid groups (broad SMARTS) is 1. The molecule has 1 aliphatic rings. The van der Waals surface area contributed by atoms with Crippen molar-refractivity contribution in [1.29, 1.82) is 0 Å². The van der Waals surface area contributed by atoms with Gasteiger partial charge < -0.3 is 10.4 Å². The Morgan fingerprint density at radius 2 is 2.29 bits per heavy atom. The van der Waals surface area contributed by atoms with E-state index in [1.807, 2.05) is 0 Å². The van der Waals surface area contributed by atoms with Crippen molar-refractivity contribution in [3.8, 4) is 0 Å². The number of piperazine rings is 1. The lowest BCUT2D eigenvalue weighted by molar-refractivity contribution is -0.385. The second-order valence-electron chi connectivity index (χ2n) is 4.59. The van der Waals surface area contributed by atoms with Crippen LogP contribution in [-0.4, -0.2) is 45.9 Å². The molecule has 1 fully saturated rings. The van der Waals surface area contributed by atoms with Gasteiger partial charge in [0, 0.05) is 29.7 Å². The van der Waals surface area contributed by atoms with E-state index in [4.69, 9.17) is 16.7 Å². The molecule has 1 amide bonds. The van der Waals surface area contributed by atoms with Gasteiger partial charge in [-0.1, -0.05) is 11.6 Å². The first-order valence-corrected chi connectivity index (χ1v) is 6.42. The summed E-state index contributed by atoms with van der Waals surface area (Å²) in [6.07, 6.45) is 0. The minimum absolute atomic E-state index is 0.0392. The largest absolute Gasteiger partial charge is 0.480 e. The Bertz CT molecular complexity index is 607. The summed E-state index contributed by atoms with van der Waals surface area (Å²) in [5.74, 6) is -1.42. The van der Waals surface area contributed by atoms with E-state index in [0.717, 1.165) is 0 Å². The Labute approximate surface area is 124 Å². The van der Waals surface area contributed by atoms with Crippen LogP contribution in [0.5, 0.6) is 0 Å². The van der Waals surface area contributed by atoms with Gasteiger partial charge in [-0.15, -0.1) is 0 Å². The van der Waals surface area contributed by atoms with Gasteiger partial charge in [0.15, 0.2) is 0 Å². The topological polar surface area (TPSA) is 113 Å². The minimum atomic E-state index is -1.10. The van der Waals surface area contributed by atoms with E-state index in [9.17, 15) is 19.7 Å². The molecule has 0 aliphatic carbocycles. The number of carbonyl (C=O) groups is 2. The van der Waals surface area contributed by atoms with E-state index < -0.39 is 16.9 Å². The molecule has 0 bridgehead atoms. The average Bonchev–Trinajstić information content (AvgIpc) is 2.38. The fourth-order valence-corrected chi connectivity index (χ4v) is 2.37. The van der Waals surface area contributed by atoms with E-state index in [-0.39, 0.29) is 36.8 Å². The van der Waals surface area contributed by atoms with Crippen LogP contribution in [-0.2, 0) is 16.1 Å². The zero-order valence-electron chi connectivity index (χ0n) is 10.8. The molecule has 112 valence electrons. The van der Waals surface area contributed by atoms with Gasteiger partial charge in [0.05, 0.1) is 11.5 Å². The summed E-state index contributed by atoms with van der Waals surface area (Å²) >= 11 is 5.83. The standard InChI is InChI=1S/C12H12ClN3O5/c13-8-1-2-9(16(20)21)7(3-8)5-15-6-11(17)14-4-10(15)12(18)19/h1-3,10H,4-6H2,(H,14,17)(H,18,19). The highest BCUT2D eigenvalue weighted by atomic mass is 35.5. The van der Waals surface area contributed by atoms with Gasteiger partial charge in [-0.05, 0) is 12.1 Å². The molecule has 0 saturated carbocycles. The van der Waals surface area contributed by atoms with E-state index in [1.165, 1.54) is 23.1 Å². The number of hydrogen-bond donors (Lipinski definition) is 2. The molecule has 1 aromatic carbocycles. The predicted molar refractivity (Wildman–Crippen MR) is 72.9 cm³/mol. The SMILES string of the molecule is O=C1CN(Cc2cc(Cl)ccc2[N+](=O)[O-])C(C(=O)O)CN1. The normalized spacial score (nSPS) is 19.1. The lowest BCUT2D eigenvalue weighted by atomic mass is 10.1. The van der Waals surface area contributed by atoms with Gasteiger partial charge in [0.2, 0.25) is 5.91 Å². The molecule has 2 N–H and O–H groups in total. The third kappa shape index (κ3) is 3.47. The fraction of sp³-hybridized carbons (Fsp3) is 0.333. The summed E-state index contributed by atoms with van der Waals surface area (Å²) in [5.41, 5.74) is 0.114. The number of nitro benzene ring substituents is 1. The maximum absolute atomic E-state index is 11.4. The van der Waals surface area contributed by atoms with Crippen LogP contribution < -0.4 is 5.32 Å². The summed E-state index contributed by atoms with van der Waals surface area (Å²) < 4.78 is 0. The van der Waals surface area contributed by atoms with E-state index in [2.05, 4.69) is 5.32 Å². The highest BCUT2D eigenvalue weighted by molar-refractivity contribution is 6.30. The fourth-order valence-electron chi connectivity index (χ4n) is 2.18. The first-order chi connectivity index (χ1) is 9.88. The third-order valence-electron chi connectivity index (χ3n) is 3.18. The number of aliphatic carboxylic acids is 1. The number of benzene rings is 1. The molecule has 1 aliphatic heterocycles. The Hall–Kier alpha value is -2.19. The second kappa shape index (κ2) is 6.06. The zero-order chi connectivity index (χ0) is 15.6. The van der Waals surface area contributed by atoms with E-state index in [1.54, 1.807) is 0 Å². The Morgan fingerprint density at radius 1 is 1.57 bits per heavy atom. The quantitative estimate of drug-likeness (QED) is 0.623.